The fourth-order valence-electron chi connectivity index (χ4n) is 2.80. The quantitative estimate of drug-likeness (QED) is 0.670. The van der Waals surface area contributed by atoms with Crippen molar-refractivity contribution in [2.45, 2.75) is 26.2 Å². The highest BCUT2D eigenvalue weighted by Crippen LogP contribution is 2.23. The van der Waals surface area contributed by atoms with Crippen LogP contribution in [0, 0.1) is 0 Å². The number of aromatic nitrogens is 5. The molecular formula is C19H22N6O2S. The minimum atomic E-state index is -0.179. The summed E-state index contributed by atoms with van der Waals surface area (Å²) in [5, 5.41) is 4.04. The first-order chi connectivity index (χ1) is 13.4. The van der Waals surface area contributed by atoms with Gasteiger partial charge in [0.2, 0.25) is 0 Å². The molecule has 8 nitrogen and oxygen atoms in total. The van der Waals surface area contributed by atoms with Gasteiger partial charge in [0.25, 0.3) is 11.8 Å². The summed E-state index contributed by atoms with van der Waals surface area (Å²) in [4.78, 5) is 27.6. The molecule has 3 aromatic rings. The summed E-state index contributed by atoms with van der Waals surface area (Å²) in [6, 6.07) is 3.70. The Hall–Kier alpha value is -2.68. The van der Waals surface area contributed by atoms with Crippen LogP contribution >= 0.6 is 11.8 Å². The molecule has 1 amide bonds. The first kappa shape index (κ1) is 18.7. The van der Waals surface area contributed by atoms with Crippen LogP contribution in [0.3, 0.4) is 0 Å². The number of rotatable bonds is 3. The highest BCUT2D eigenvalue weighted by atomic mass is 32.2. The second kappa shape index (κ2) is 7.38. The Morgan fingerprint density at radius 3 is 2.61 bits per heavy atom. The molecule has 0 unspecified atom stereocenters. The fourth-order valence-corrected chi connectivity index (χ4v) is 3.70. The maximum Gasteiger partial charge on any atom is 0.274 e. The number of thioether (sulfide) groups is 1. The lowest BCUT2D eigenvalue weighted by molar-refractivity contribution is 0.0767. The van der Waals surface area contributed by atoms with Crippen molar-refractivity contribution in [3.05, 3.63) is 42.4 Å². The van der Waals surface area contributed by atoms with Crippen molar-refractivity contribution < 1.29 is 9.32 Å². The molecule has 9 heteroatoms. The Kier molecular flexibility index (Phi) is 4.92. The molecular weight excluding hydrogens is 376 g/mol. The highest BCUT2D eigenvalue weighted by molar-refractivity contribution is 7.99. The molecule has 1 aliphatic rings. The molecule has 0 aliphatic carbocycles. The molecule has 146 valence electrons. The van der Waals surface area contributed by atoms with Gasteiger partial charge in [0, 0.05) is 42.4 Å². The molecule has 1 fully saturated rings. The zero-order chi connectivity index (χ0) is 19.7. The van der Waals surface area contributed by atoms with Crippen molar-refractivity contribution in [2.24, 2.45) is 0 Å². The van der Waals surface area contributed by atoms with Gasteiger partial charge in [-0.05, 0) is 12.1 Å². The molecule has 1 saturated heterocycles. The van der Waals surface area contributed by atoms with Gasteiger partial charge in [-0.2, -0.15) is 16.7 Å². The largest absolute Gasteiger partial charge is 0.336 e. The third kappa shape index (κ3) is 3.80. The van der Waals surface area contributed by atoms with Crippen LogP contribution < -0.4 is 0 Å². The molecule has 0 bridgehead atoms. The second-order valence-corrected chi connectivity index (χ2v) is 8.87. The first-order valence-electron chi connectivity index (χ1n) is 9.14. The van der Waals surface area contributed by atoms with Crippen molar-refractivity contribution in [1.82, 2.24) is 29.6 Å². The number of nitrogens with zero attached hydrogens (tertiary/aromatic N) is 6. The SMILES string of the molecule is CC(C)(C)c1noc(-c2ccc(-n3cnc(C(=O)N4CCSCC4)c3)nc2)n1. The van der Waals surface area contributed by atoms with Gasteiger partial charge in [-0.15, -0.1) is 0 Å². The summed E-state index contributed by atoms with van der Waals surface area (Å²) in [5.74, 6) is 3.68. The normalized spacial score (nSPS) is 15.0. The van der Waals surface area contributed by atoms with Crippen LogP contribution in [0.4, 0.5) is 0 Å². The third-order valence-electron chi connectivity index (χ3n) is 4.46. The van der Waals surface area contributed by atoms with Crippen molar-refractivity contribution in [3.8, 4) is 17.3 Å². The van der Waals surface area contributed by atoms with Gasteiger partial charge >= 0.3 is 0 Å². The van der Waals surface area contributed by atoms with E-state index in [1.54, 1.807) is 23.3 Å². The Morgan fingerprint density at radius 1 is 1.18 bits per heavy atom. The van der Waals surface area contributed by atoms with Gasteiger partial charge in [-0.1, -0.05) is 25.9 Å². The van der Waals surface area contributed by atoms with Crippen LogP contribution in [0.2, 0.25) is 0 Å². The van der Waals surface area contributed by atoms with Crippen molar-refractivity contribution in [2.75, 3.05) is 24.6 Å². The van der Waals surface area contributed by atoms with E-state index >= 15 is 0 Å². The monoisotopic (exact) mass is 398 g/mol. The Labute approximate surface area is 167 Å². The predicted molar refractivity (Wildman–Crippen MR) is 107 cm³/mol. The summed E-state index contributed by atoms with van der Waals surface area (Å²) in [6.07, 6.45) is 5.01. The molecule has 0 spiro atoms. The molecule has 0 N–H and O–H groups in total. The molecule has 4 rings (SSSR count). The van der Waals surface area contributed by atoms with E-state index in [0.717, 1.165) is 30.2 Å². The zero-order valence-electron chi connectivity index (χ0n) is 16.1. The van der Waals surface area contributed by atoms with E-state index in [1.807, 2.05) is 49.6 Å². The van der Waals surface area contributed by atoms with E-state index in [2.05, 4.69) is 20.1 Å². The minimum absolute atomic E-state index is 0.0313. The van der Waals surface area contributed by atoms with Crippen LogP contribution in [0.1, 0.15) is 37.1 Å². The van der Waals surface area contributed by atoms with Gasteiger partial charge in [0.05, 0.1) is 5.56 Å². The molecule has 28 heavy (non-hydrogen) atoms. The first-order valence-corrected chi connectivity index (χ1v) is 10.3. The Balaban J connectivity index is 1.51. The van der Waals surface area contributed by atoms with Crippen molar-refractivity contribution in [1.29, 1.82) is 0 Å². The van der Waals surface area contributed by atoms with E-state index in [1.165, 1.54) is 0 Å². The number of amides is 1. The Bertz CT molecular complexity index is 967. The van der Waals surface area contributed by atoms with E-state index in [-0.39, 0.29) is 11.3 Å². The van der Waals surface area contributed by atoms with E-state index < -0.39 is 0 Å². The summed E-state index contributed by atoms with van der Waals surface area (Å²) >= 11 is 1.87. The number of imidazole rings is 1. The summed E-state index contributed by atoms with van der Waals surface area (Å²) < 4.78 is 7.09. The second-order valence-electron chi connectivity index (χ2n) is 7.65. The smallest absolute Gasteiger partial charge is 0.274 e. The lowest BCUT2D eigenvalue weighted by Crippen LogP contribution is -2.38. The van der Waals surface area contributed by atoms with E-state index in [9.17, 15) is 4.79 Å². The van der Waals surface area contributed by atoms with E-state index in [0.29, 0.717) is 23.2 Å². The maximum atomic E-state index is 12.6. The number of carbonyl (C=O) groups excluding carboxylic acids is 1. The van der Waals surface area contributed by atoms with Crippen molar-refractivity contribution in [3.63, 3.8) is 0 Å². The average molecular weight is 398 g/mol. The average Bonchev–Trinajstić information content (AvgIpc) is 3.38. The molecule has 0 aromatic carbocycles. The molecule has 0 radical (unpaired) electrons. The molecule has 0 saturated carbocycles. The van der Waals surface area contributed by atoms with Gasteiger partial charge in [-0.25, -0.2) is 9.97 Å². The van der Waals surface area contributed by atoms with Crippen LogP contribution in [-0.4, -0.2) is 60.1 Å². The fraction of sp³-hybridized carbons (Fsp3) is 0.421. The van der Waals surface area contributed by atoms with E-state index in [4.69, 9.17) is 4.52 Å². The number of pyridine rings is 1. The molecule has 4 heterocycles. The van der Waals surface area contributed by atoms with Crippen LogP contribution in [0.25, 0.3) is 17.3 Å². The van der Waals surface area contributed by atoms with Gasteiger partial charge in [0.1, 0.15) is 17.8 Å². The lowest BCUT2D eigenvalue weighted by Gasteiger charge is -2.25. The summed E-state index contributed by atoms with van der Waals surface area (Å²) in [7, 11) is 0. The number of carbonyl (C=O) groups is 1. The number of hydrogen-bond donors (Lipinski definition) is 0. The summed E-state index contributed by atoms with van der Waals surface area (Å²) in [6.45, 7) is 7.63. The standard InChI is InChI=1S/C19H22N6O2S/c1-19(2,3)18-22-16(27-23-18)13-4-5-15(20-10-13)25-11-14(21-12-25)17(26)24-6-8-28-9-7-24/h4-5,10-12H,6-9H2,1-3H3. The molecule has 1 aliphatic heterocycles. The maximum absolute atomic E-state index is 12.6. The predicted octanol–water partition coefficient (Wildman–Crippen LogP) is 2.80. The molecule has 3 aromatic heterocycles. The van der Waals surface area contributed by atoms with Crippen LogP contribution in [0.15, 0.2) is 35.4 Å². The van der Waals surface area contributed by atoms with Gasteiger partial charge < -0.3 is 9.42 Å². The zero-order valence-corrected chi connectivity index (χ0v) is 16.9. The third-order valence-corrected chi connectivity index (χ3v) is 5.40. The highest BCUT2D eigenvalue weighted by Gasteiger charge is 2.22. The van der Waals surface area contributed by atoms with Gasteiger partial charge in [-0.3, -0.25) is 9.36 Å². The number of hydrogen-bond acceptors (Lipinski definition) is 7. The van der Waals surface area contributed by atoms with Crippen molar-refractivity contribution >= 4 is 17.7 Å². The topological polar surface area (TPSA) is 89.9 Å². The van der Waals surface area contributed by atoms with Crippen LogP contribution in [-0.2, 0) is 5.41 Å². The van der Waals surface area contributed by atoms with Gasteiger partial charge in [0.15, 0.2) is 5.82 Å². The Morgan fingerprint density at radius 2 is 1.96 bits per heavy atom. The van der Waals surface area contributed by atoms with Crippen LogP contribution in [0.5, 0.6) is 0 Å². The lowest BCUT2D eigenvalue weighted by atomic mass is 9.96. The minimum Gasteiger partial charge on any atom is -0.336 e. The molecule has 0 atom stereocenters. The summed E-state index contributed by atoms with van der Waals surface area (Å²) in [5.41, 5.74) is 1.00.